The van der Waals surface area contributed by atoms with Crippen LogP contribution < -0.4 is 10.2 Å². The molecule has 4 heterocycles. The SMILES string of the molecule is CC(=O)N1CCN(c2nc(NCc3ccc(C)cn3)c3c(n2)C(=O)N(C(C)C)C3)CC1. The molecule has 1 N–H and O–H groups in total. The fourth-order valence-electron chi connectivity index (χ4n) is 3.88. The third-order valence-electron chi connectivity index (χ3n) is 5.83. The molecule has 0 aliphatic carbocycles. The molecule has 2 aliphatic rings. The van der Waals surface area contributed by atoms with E-state index in [-0.39, 0.29) is 17.9 Å². The minimum atomic E-state index is -0.0625. The van der Waals surface area contributed by atoms with Crippen LogP contribution in [0.4, 0.5) is 11.8 Å². The van der Waals surface area contributed by atoms with Crippen molar-refractivity contribution < 1.29 is 9.59 Å². The van der Waals surface area contributed by atoms with Gasteiger partial charge in [-0.3, -0.25) is 14.6 Å². The lowest BCUT2D eigenvalue weighted by Gasteiger charge is -2.34. The summed E-state index contributed by atoms with van der Waals surface area (Å²) in [5.74, 6) is 1.21. The average molecular weight is 424 g/mol. The summed E-state index contributed by atoms with van der Waals surface area (Å²) in [6.07, 6.45) is 1.84. The quantitative estimate of drug-likeness (QED) is 0.784. The van der Waals surface area contributed by atoms with E-state index in [1.165, 1.54) is 0 Å². The van der Waals surface area contributed by atoms with E-state index in [1.807, 2.05) is 53.8 Å². The molecule has 2 amide bonds. The Labute approximate surface area is 182 Å². The van der Waals surface area contributed by atoms with Crippen molar-refractivity contribution in [3.63, 3.8) is 0 Å². The van der Waals surface area contributed by atoms with Gasteiger partial charge in [0.15, 0.2) is 0 Å². The van der Waals surface area contributed by atoms with Gasteiger partial charge in [-0.1, -0.05) is 6.07 Å². The van der Waals surface area contributed by atoms with Crippen LogP contribution >= 0.6 is 0 Å². The number of pyridine rings is 1. The highest BCUT2D eigenvalue weighted by molar-refractivity contribution is 5.98. The summed E-state index contributed by atoms with van der Waals surface area (Å²) in [5.41, 5.74) is 3.31. The van der Waals surface area contributed by atoms with Gasteiger partial charge >= 0.3 is 0 Å². The number of rotatable bonds is 5. The Hall–Kier alpha value is -3.23. The van der Waals surface area contributed by atoms with Crippen LogP contribution in [0.5, 0.6) is 0 Å². The van der Waals surface area contributed by atoms with Crippen LogP contribution in [-0.2, 0) is 17.9 Å². The molecule has 9 nitrogen and oxygen atoms in total. The lowest BCUT2D eigenvalue weighted by molar-refractivity contribution is -0.129. The molecule has 0 saturated carbocycles. The summed E-state index contributed by atoms with van der Waals surface area (Å²) in [7, 11) is 0. The first-order valence-electron chi connectivity index (χ1n) is 10.7. The first-order chi connectivity index (χ1) is 14.8. The minimum Gasteiger partial charge on any atom is -0.364 e. The Morgan fingerprint density at radius 3 is 2.52 bits per heavy atom. The molecule has 0 atom stereocenters. The number of nitrogens with zero attached hydrogens (tertiary/aromatic N) is 6. The zero-order chi connectivity index (χ0) is 22.1. The van der Waals surface area contributed by atoms with Gasteiger partial charge in [0.1, 0.15) is 11.5 Å². The molecule has 164 valence electrons. The van der Waals surface area contributed by atoms with E-state index in [9.17, 15) is 9.59 Å². The zero-order valence-corrected chi connectivity index (χ0v) is 18.6. The fourth-order valence-corrected chi connectivity index (χ4v) is 3.88. The van der Waals surface area contributed by atoms with Gasteiger partial charge in [0.25, 0.3) is 5.91 Å². The molecule has 4 rings (SSSR count). The van der Waals surface area contributed by atoms with Crippen LogP contribution in [-0.4, -0.2) is 68.8 Å². The number of carbonyl (C=O) groups is 2. The molecule has 2 aromatic rings. The van der Waals surface area contributed by atoms with Crippen molar-refractivity contribution in [1.29, 1.82) is 0 Å². The van der Waals surface area contributed by atoms with E-state index < -0.39 is 0 Å². The van der Waals surface area contributed by atoms with Gasteiger partial charge in [-0.15, -0.1) is 0 Å². The molecule has 2 aromatic heterocycles. The number of hydrogen-bond acceptors (Lipinski definition) is 7. The van der Waals surface area contributed by atoms with Gasteiger partial charge in [-0.05, 0) is 32.4 Å². The van der Waals surface area contributed by atoms with Crippen molar-refractivity contribution in [2.45, 2.75) is 46.8 Å². The normalized spacial score (nSPS) is 16.2. The fraction of sp³-hybridized carbons (Fsp3) is 0.500. The van der Waals surface area contributed by atoms with Gasteiger partial charge in [-0.25, -0.2) is 4.98 Å². The second-order valence-corrected chi connectivity index (χ2v) is 8.40. The first kappa shape index (κ1) is 21.0. The van der Waals surface area contributed by atoms with Crippen LogP contribution in [0.1, 0.15) is 48.1 Å². The number of aryl methyl sites for hydroxylation is 1. The van der Waals surface area contributed by atoms with E-state index in [4.69, 9.17) is 4.98 Å². The molecule has 1 fully saturated rings. The molecule has 0 aromatic carbocycles. The highest BCUT2D eigenvalue weighted by Gasteiger charge is 2.35. The van der Waals surface area contributed by atoms with Crippen molar-refractivity contribution in [3.8, 4) is 0 Å². The third kappa shape index (κ3) is 4.30. The molecular formula is C22H29N7O2. The van der Waals surface area contributed by atoms with Crippen LogP contribution in [0.25, 0.3) is 0 Å². The van der Waals surface area contributed by atoms with Gasteiger partial charge < -0.3 is 20.0 Å². The molecule has 2 aliphatic heterocycles. The Morgan fingerprint density at radius 2 is 1.90 bits per heavy atom. The Balaban J connectivity index is 1.61. The summed E-state index contributed by atoms with van der Waals surface area (Å²) in [6, 6.07) is 4.09. The molecule has 1 saturated heterocycles. The number of anilines is 2. The van der Waals surface area contributed by atoms with Gasteiger partial charge in [0, 0.05) is 50.9 Å². The highest BCUT2D eigenvalue weighted by atomic mass is 16.2. The van der Waals surface area contributed by atoms with Crippen molar-refractivity contribution in [2.24, 2.45) is 0 Å². The number of carbonyl (C=O) groups excluding carboxylic acids is 2. The molecule has 9 heteroatoms. The van der Waals surface area contributed by atoms with Crippen LogP contribution in [0, 0.1) is 6.92 Å². The second-order valence-electron chi connectivity index (χ2n) is 8.40. The number of aromatic nitrogens is 3. The minimum absolute atomic E-state index is 0.0625. The number of nitrogens with one attached hydrogen (secondary N) is 1. The topological polar surface area (TPSA) is 94.6 Å². The van der Waals surface area contributed by atoms with Gasteiger partial charge in [0.2, 0.25) is 11.9 Å². The number of fused-ring (bicyclic) bond motifs is 1. The predicted molar refractivity (Wildman–Crippen MR) is 118 cm³/mol. The number of piperazine rings is 1. The molecule has 0 unspecified atom stereocenters. The summed E-state index contributed by atoms with van der Waals surface area (Å²) in [5, 5.41) is 3.38. The van der Waals surface area contributed by atoms with E-state index >= 15 is 0 Å². The summed E-state index contributed by atoms with van der Waals surface area (Å²) in [6.45, 7) is 11.1. The highest BCUT2D eigenvalue weighted by Crippen LogP contribution is 2.30. The first-order valence-corrected chi connectivity index (χ1v) is 10.7. The third-order valence-corrected chi connectivity index (χ3v) is 5.83. The average Bonchev–Trinajstić information content (AvgIpc) is 3.10. The van der Waals surface area contributed by atoms with E-state index in [2.05, 4.69) is 15.3 Å². The van der Waals surface area contributed by atoms with Gasteiger partial charge in [-0.2, -0.15) is 4.98 Å². The van der Waals surface area contributed by atoms with E-state index in [1.54, 1.807) is 6.92 Å². The lowest BCUT2D eigenvalue weighted by Crippen LogP contribution is -2.48. The maximum absolute atomic E-state index is 13.0. The zero-order valence-electron chi connectivity index (χ0n) is 18.6. The number of amides is 2. The Bertz CT molecular complexity index is 982. The molecular weight excluding hydrogens is 394 g/mol. The summed E-state index contributed by atoms with van der Waals surface area (Å²) < 4.78 is 0. The predicted octanol–water partition coefficient (Wildman–Crippen LogP) is 1.82. The maximum atomic E-state index is 13.0. The smallest absolute Gasteiger partial charge is 0.273 e. The van der Waals surface area contributed by atoms with Crippen molar-refractivity contribution >= 4 is 23.6 Å². The van der Waals surface area contributed by atoms with Crippen molar-refractivity contribution in [2.75, 3.05) is 36.4 Å². The molecule has 0 radical (unpaired) electrons. The van der Waals surface area contributed by atoms with Gasteiger partial charge in [0.05, 0.1) is 18.8 Å². The Kier molecular flexibility index (Phi) is 5.75. The van der Waals surface area contributed by atoms with E-state index in [0.29, 0.717) is 56.7 Å². The molecule has 0 bridgehead atoms. The molecule has 0 spiro atoms. The lowest BCUT2D eigenvalue weighted by atomic mass is 10.2. The monoisotopic (exact) mass is 423 g/mol. The summed E-state index contributed by atoms with van der Waals surface area (Å²) in [4.78, 5) is 44.2. The number of hydrogen-bond donors (Lipinski definition) is 1. The van der Waals surface area contributed by atoms with Crippen LogP contribution in [0.3, 0.4) is 0 Å². The second kappa shape index (κ2) is 8.49. The van der Waals surface area contributed by atoms with Crippen molar-refractivity contribution in [1.82, 2.24) is 24.8 Å². The van der Waals surface area contributed by atoms with E-state index in [0.717, 1.165) is 16.8 Å². The summed E-state index contributed by atoms with van der Waals surface area (Å²) >= 11 is 0. The Morgan fingerprint density at radius 1 is 1.16 bits per heavy atom. The van der Waals surface area contributed by atoms with Crippen molar-refractivity contribution in [3.05, 3.63) is 40.8 Å². The largest absolute Gasteiger partial charge is 0.364 e. The van der Waals surface area contributed by atoms with Crippen LogP contribution in [0.15, 0.2) is 18.3 Å². The van der Waals surface area contributed by atoms with Crippen LogP contribution in [0.2, 0.25) is 0 Å². The standard InChI is InChI=1S/C22H29N7O2/c1-14(2)29-13-18-19(21(29)31)25-22(28-9-7-27(8-10-28)16(4)30)26-20(18)24-12-17-6-5-15(3)11-23-17/h5-6,11,14H,7-10,12-13H2,1-4H3,(H,24,25,26). The maximum Gasteiger partial charge on any atom is 0.273 e. The molecule has 31 heavy (non-hydrogen) atoms.